The van der Waals surface area contributed by atoms with E-state index in [0.717, 1.165) is 0 Å². The van der Waals surface area contributed by atoms with Crippen molar-refractivity contribution >= 4 is 11.8 Å². The zero-order valence-electron chi connectivity index (χ0n) is 9.98. The maximum atomic E-state index is 11.8. The number of aryl methyl sites for hydroxylation is 1. The van der Waals surface area contributed by atoms with Crippen LogP contribution in [0.4, 0.5) is 0 Å². The van der Waals surface area contributed by atoms with E-state index in [2.05, 4.69) is 9.84 Å². The number of methoxy groups -OCH3 is 1. The van der Waals surface area contributed by atoms with E-state index in [9.17, 15) is 9.59 Å². The van der Waals surface area contributed by atoms with Gasteiger partial charge in [-0.3, -0.25) is 9.48 Å². The molecule has 0 fully saturated rings. The summed E-state index contributed by atoms with van der Waals surface area (Å²) in [6, 6.07) is 0. The van der Waals surface area contributed by atoms with Gasteiger partial charge in [0.05, 0.1) is 7.11 Å². The lowest BCUT2D eigenvalue weighted by molar-refractivity contribution is 0.0596. The SMILES string of the molecule is CCn1cc(C(=O)OC)c(C(=O)C(C)C)n1. The van der Waals surface area contributed by atoms with Gasteiger partial charge in [0.2, 0.25) is 0 Å². The lowest BCUT2D eigenvalue weighted by Gasteiger charge is -2.02. The molecular formula is C11H16N2O3. The molecule has 0 saturated carbocycles. The van der Waals surface area contributed by atoms with Gasteiger partial charge < -0.3 is 4.74 Å². The smallest absolute Gasteiger partial charge is 0.341 e. The van der Waals surface area contributed by atoms with Crippen LogP contribution in [0.5, 0.6) is 0 Å². The summed E-state index contributed by atoms with van der Waals surface area (Å²) in [4.78, 5) is 23.3. The fourth-order valence-electron chi connectivity index (χ4n) is 1.30. The summed E-state index contributed by atoms with van der Waals surface area (Å²) < 4.78 is 6.18. The molecule has 1 aromatic heterocycles. The van der Waals surface area contributed by atoms with Crippen LogP contribution in [-0.4, -0.2) is 28.6 Å². The Morgan fingerprint density at radius 1 is 1.50 bits per heavy atom. The summed E-state index contributed by atoms with van der Waals surface area (Å²) in [6.45, 7) is 6.04. The number of carbonyl (C=O) groups excluding carboxylic acids is 2. The molecule has 5 nitrogen and oxygen atoms in total. The monoisotopic (exact) mass is 224 g/mol. The number of esters is 1. The molecule has 0 atom stereocenters. The van der Waals surface area contributed by atoms with Crippen LogP contribution in [0.15, 0.2) is 6.20 Å². The van der Waals surface area contributed by atoms with Crippen LogP contribution < -0.4 is 0 Å². The number of hydrogen-bond acceptors (Lipinski definition) is 4. The molecule has 1 heterocycles. The lowest BCUT2D eigenvalue weighted by Crippen LogP contribution is -2.14. The Kier molecular flexibility index (Phi) is 3.82. The maximum absolute atomic E-state index is 11.8. The van der Waals surface area contributed by atoms with Gasteiger partial charge in [-0.2, -0.15) is 5.10 Å². The summed E-state index contributed by atoms with van der Waals surface area (Å²) in [7, 11) is 1.29. The molecule has 0 aromatic carbocycles. The molecule has 0 N–H and O–H groups in total. The minimum Gasteiger partial charge on any atom is -0.465 e. The molecule has 0 amide bonds. The van der Waals surface area contributed by atoms with Crippen molar-refractivity contribution in [1.82, 2.24) is 9.78 Å². The topological polar surface area (TPSA) is 61.2 Å². The fraction of sp³-hybridized carbons (Fsp3) is 0.545. The predicted molar refractivity (Wildman–Crippen MR) is 58.4 cm³/mol. The molecule has 0 radical (unpaired) electrons. The Labute approximate surface area is 94.4 Å². The number of rotatable bonds is 4. The van der Waals surface area contributed by atoms with Gasteiger partial charge in [0, 0.05) is 18.7 Å². The van der Waals surface area contributed by atoms with Gasteiger partial charge in [-0.05, 0) is 6.92 Å². The van der Waals surface area contributed by atoms with E-state index in [1.807, 2.05) is 6.92 Å². The van der Waals surface area contributed by atoms with E-state index in [1.54, 1.807) is 24.7 Å². The van der Waals surface area contributed by atoms with Crippen molar-refractivity contribution in [1.29, 1.82) is 0 Å². The molecule has 1 aromatic rings. The first-order valence-corrected chi connectivity index (χ1v) is 5.21. The van der Waals surface area contributed by atoms with Gasteiger partial charge in [0.25, 0.3) is 0 Å². The van der Waals surface area contributed by atoms with Gasteiger partial charge in [0.15, 0.2) is 5.78 Å². The molecule has 5 heteroatoms. The van der Waals surface area contributed by atoms with Gasteiger partial charge >= 0.3 is 5.97 Å². The number of ketones is 1. The highest BCUT2D eigenvalue weighted by Crippen LogP contribution is 2.13. The number of ether oxygens (including phenoxy) is 1. The first-order valence-electron chi connectivity index (χ1n) is 5.21. The second-order valence-corrected chi connectivity index (χ2v) is 3.76. The fourth-order valence-corrected chi connectivity index (χ4v) is 1.30. The van der Waals surface area contributed by atoms with Crippen LogP contribution in [0.25, 0.3) is 0 Å². The molecule has 0 aliphatic carbocycles. The van der Waals surface area contributed by atoms with Crippen LogP contribution in [0.2, 0.25) is 0 Å². The summed E-state index contributed by atoms with van der Waals surface area (Å²) in [5, 5.41) is 4.09. The van der Waals surface area contributed by atoms with Crippen LogP contribution in [0, 0.1) is 5.92 Å². The zero-order valence-corrected chi connectivity index (χ0v) is 9.98. The second kappa shape index (κ2) is 4.92. The van der Waals surface area contributed by atoms with Crippen molar-refractivity contribution in [2.75, 3.05) is 7.11 Å². The molecule has 16 heavy (non-hydrogen) atoms. The highest BCUT2D eigenvalue weighted by molar-refractivity contribution is 6.05. The van der Waals surface area contributed by atoms with Gasteiger partial charge in [-0.1, -0.05) is 13.8 Å². The van der Waals surface area contributed by atoms with Crippen molar-refractivity contribution < 1.29 is 14.3 Å². The van der Waals surface area contributed by atoms with E-state index in [4.69, 9.17) is 0 Å². The quantitative estimate of drug-likeness (QED) is 0.574. The lowest BCUT2D eigenvalue weighted by atomic mass is 10.0. The van der Waals surface area contributed by atoms with E-state index in [1.165, 1.54) is 7.11 Å². The molecule has 0 aliphatic heterocycles. The molecular weight excluding hydrogens is 208 g/mol. The van der Waals surface area contributed by atoms with Crippen LogP contribution in [0.3, 0.4) is 0 Å². The highest BCUT2D eigenvalue weighted by atomic mass is 16.5. The first-order chi connectivity index (χ1) is 7.51. The Hall–Kier alpha value is -1.65. The molecule has 0 aliphatic rings. The average molecular weight is 224 g/mol. The second-order valence-electron chi connectivity index (χ2n) is 3.76. The predicted octanol–water partition coefficient (Wildman–Crippen LogP) is 1.53. The van der Waals surface area contributed by atoms with Gasteiger partial charge in [0.1, 0.15) is 11.3 Å². The third kappa shape index (κ3) is 2.29. The molecule has 1 rings (SSSR count). The minimum atomic E-state index is -0.524. The van der Waals surface area contributed by atoms with Gasteiger partial charge in [-0.25, -0.2) is 4.79 Å². The Balaban J connectivity index is 3.20. The van der Waals surface area contributed by atoms with E-state index in [-0.39, 0.29) is 23.0 Å². The molecule has 0 unspecified atom stereocenters. The van der Waals surface area contributed by atoms with Crippen molar-refractivity contribution in [3.8, 4) is 0 Å². The summed E-state index contributed by atoms with van der Waals surface area (Å²) in [6.07, 6.45) is 1.54. The van der Waals surface area contributed by atoms with E-state index >= 15 is 0 Å². The van der Waals surface area contributed by atoms with Crippen LogP contribution >= 0.6 is 0 Å². The Bertz CT molecular complexity index is 407. The van der Waals surface area contributed by atoms with Gasteiger partial charge in [-0.15, -0.1) is 0 Å². The maximum Gasteiger partial charge on any atom is 0.341 e. The Morgan fingerprint density at radius 3 is 2.56 bits per heavy atom. The van der Waals surface area contributed by atoms with Crippen molar-refractivity contribution in [3.63, 3.8) is 0 Å². The third-order valence-corrected chi connectivity index (χ3v) is 2.25. The molecule has 88 valence electrons. The number of nitrogens with zero attached hydrogens (tertiary/aromatic N) is 2. The minimum absolute atomic E-state index is 0.146. The summed E-state index contributed by atoms with van der Waals surface area (Å²) in [5.41, 5.74) is 0.437. The molecule has 0 saturated heterocycles. The number of carbonyl (C=O) groups is 2. The zero-order chi connectivity index (χ0) is 12.3. The highest BCUT2D eigenvalue weighted by Gasteiger charge is 2.23. The number of hydrogen-bond donors (Lipinski definition) is 0. The molecule has 0 bridgehead atoms. The number of aromatic nitrogens is 2. The summed E-state index contributed by atoms with van der Waals surface area (Å²) >= 11 is 0. The average Bonchev–Trinajstić information content (AvgIpc) is 2.70. The molecule has 0 spiro atoms. The van der Waals surface area contributed by atoms with E-state index < -0.39 is 5.97 Å². The van der Waals surface area contributed by atoms with E-state index in [0.29, 0.717) is 6.54 Å². The van der Waals surface area contributed by atoms with Crippen molar-refractivity contribution in [3.05, 3.63) is 17.5 Å². The largest absolute Gasteiger partial charge is 0.465 e. The summed E-state index contributed by atoms with van der Waals surface area (Å²) in [5.74, 6) is -0.861. The van der Waals surface area contributed by atoms with Crippen molar-refractivity contribution in [2.24, 2.45) is 5.92 Å². The van der Waals surface area contributed by atoms with Crippen LogP contribution in [-0.2, 0) is 11.3 Å². The normalized spacial score (nSPS) is 10.6. The Morgan fingerprint density at radius 2 is 2.12 bits per heavy atom. The first kappa shape index (κ1) is 12.4. The number of Topliss-reactive ketones (excluding diaryl/α,β-unsaturated/α-hetero) is 1. The third-order valence-electron chi connectivity index (χ3n) is 2.25. The standard InChI is InChI=1S/C11H16N2O3/c1-5-13-6-8(11(15)16-4)9(12-13)10(14)7(2)3/h6-7H,5H2,1-4H3. The van der Waals surface area contributed by atoms with Crippen LogP contribution in [0.1, 0.15) is 41.6 Å². The van der Waals surface area contributed by atoms with Crippen molar-refractivity contribution in [2.45, 2.75) is 27.3 Å².